The van der Waals surface area contributed by atoms with Crippen molar-refractivity contribution in [1.82, 2.24) is 4.90 Å². The average molecular weight is 280 g/mol. The fourth-order valence-corrected chi connectivity index (χ4v) is 1.79. The van der Waals surface area contributed by atoms with Crippen molar-refractivity contribution in [3.8, 4) is 5.75 Å². The minimum absolute atomic E-state index is 0.0298. The molecule has 0 heterocycles. The Morgan fingerprint density at radius 3 is 2.55 bits per heavy atom. The number of hydrogen-bond acceptors (Lipinski definition) is 3. The van der Waals surface area contributed by atoms with E-state index in [0.717, 1.165) is 0 Å². The van der Waals surface area contributed by atoms with Gasteiger partial charge in [-0.05, 0) is 39.8 Å². The van der Waals surface area contributed by atoms with E-state index in [0.29, 0.717) is 11.4 Å². The van der Waals surface area contributed by atoms with Gasteiger partial charge in [-0.25, -0.2) is 4.79 Å². The summed E-state index contributed by atoms with van der Waals surface area (Å²) >= 11 is 0. The molecule has 0 aliphatic carbocycles. The molecule has 2 amide bonds. The molecular weight excluding hydrogens is 256 g/mol. The zero-order chi connectivity index (χ0) is 15.3. The Kier molecular flexibility index (Phi) is 5.39. The number of amides is 2. The predicted molar refractivity (Wildman–Crippen MR) is 80.2 cm³/mol. The highest BCUT2D eigenvalue weighted by atomic mass is 16.5. The first-order chi connectivity index (χ1) is 9.19. The molecule has 0 unspecified atom stereocenters. The van der Waals surface area contributed by atoms with Gasteiger partial charge in [0, 0.05) is 7.05 Å². The van der Waals surface area contributed by atoms with Crippen molar-refractivity contribution in [2.75, 3.05) is 18.9 Å². The first kappa shape index (κ1) is 16.3. The summed E-state index contributed by atoms with van der Waals surface area (Å²) in [6.07, 6.45) is 0.0298. The average Bonchev–Trinajstić information content (AvgIpc) is 2.28. The first-order valence-corrected chi connectivity index (χ1v) is 6.69. The second kappa shape index (κ2) is 6.61. The predicted octanol–water partition coefficient (Wildman–Crippen LogP) is 2.71. The Morgan fingerprint density at radius 1 is 1.40 bits per heavy atom. The number of hydrogen-bond donors (Lipinski definition) is 2. The van der Waals surface area contributed by atoms with E-state index in [1.165, 1.54) is 4.90 Å². The number of nitrogens with one attached hydrogen (secondary N) is 1. The second-order valence-electron chi connectivity index (χ2n) is 5.76. The smallest absolute Gasteiger partial charge is 0.321 e. The molecule has 0 saturated carbocycles. The number of benzene rings is 1. The molecule has 0 spiro atoms. The topological polar surface area (TPSA) is 61.8 Å². The molecule has 0 saturated heterocycles. The summed E-state index contributed by atoms with van der Waals surface area (Å²) in [5.41, 5.74) is -0.311. The van der Waals surface area contributed by atoms with Gasteiger partial charge >= 0.3 is 6.03 Å². The molecule has 5 heteroatoms. The summed E-state index contributed by atoms with van der Waals surface area (Å²) in [5, 5.41) is 12.5. The molecule has 1 aromatic rings. The van der Waals surface area contributed by atoms with Crippen molar-refractivity contribution < 1.29 is 14.6 Å². The van der Waals surface area contributed by atoms with E-state index in [-0.39, 0.29) is 18.7 Å². The molecule has 1 aromatic carbocycles. The van der Waals surface area contributed by atoms with Gasteiger partial charge in [0.25, 0.3) is 0 Å². The number of para-hydroxylation sites is 2. The molecule has 1 rings (SSSR count). The maximum absolute atomic E-state index is 12.1. The van der Waals surface area contributed by atoms with Crippen LogP contribution in [-0.2, 0) is 0 Å². The number of anilines is 1. The van der Waals surface area contributed by atoms with Gasteiger partial charge in [0.05, 0.1) is 23.9 Å². The molecule has 0 aliphatic heterocycles. The number of urea groups is 1. The fraction of sp³-hybridized carbons (Fsp3) is 0.533. The lowest BCUT2D eigenvalue weighted by Gasteiger charge is -2.26. The molecule has 0 aromatic heterocycles. The van der Waals surface area contributed by atoms with E-state index in [9.17, 15) is 9.90 Å². The Labute approximate surface area is 120 Å². The minimum Gasteiger partial charge on any atom is -0.489 e. The summed E-state index contributed by atoms with van der Waals surface area (Å²) in [7, 11) is 1.64. The van der Waals surface area contributed by atoms with Crippen molar-refractivity contribution >= 4 is 11.7 Å². The standard InChI is InChI=1S/C15H24N2O3/c1-11(2)20-13-9-7-6-8-12(13)16-14(18)17(5)10-15(3,4)19/h6-9,11,19H,10H2,1-5H3,(H,16,18). The first-order valence-electron chi connectivity index (χ1n) is 6.69. The van der Waals surface area contributed by atoms with Crippen molar-refractivity contribution in [1.29, 1.82) is 0 Å². The van der Waals surface area contributed by atoms with Crippen LogP contribution in [0.5, 0.6) is 5.75 Å². The SMILES string of the molecule is CC(C)Oc1ccccc1NC(=O)N(C)CC(C)(C)O. The molecule has 0 atom stereocenters. The van der Waals surface area contributed by atoms with Crippen LogP contribution >= 0.6 is 0 Å². The van der Waals surface area contributed by atoms with Crippen molar-refractivity contribution in [3.05, 3.63) is 24.3 Å². The molecule has 112 valence electrons. The molecule has 5 nitrogen and oxygen atoms in total. The minimum atomic E-state index is -0.931. The summed E-state index contributed by atoms with van der Waals surface area (Å²) in [6, 6.07) is 7.00. The van der Waals surface area contributed by atoms with E-state index < -0.39 is 5.60 Å². The molecular formula is C15H24N2O3. The number of aliphatic hydroxyl groups is 1. The maximum atomic E-state index is 12.1. The van der Waals surface area contributed by atoms with Crippen LogP contribution < -0.4 is 10.1 Å². The van der Waals surface area contributed by atoms with Crippen LogP contribution in [0.3, 0.4) is 0 Å². The van der Waals surface area contributed by atoms with E-state index >= 15 is 0 Å². The van der Waals surface area contributed by atoms with Crippen molar-refractivity contribution in [2.45, 2.75) is 39.4 Å². The summed E-state index contributed by atoms with van der Waals surface area (Å²) < 4.78 is 5.64. The highest BCUT2D eigenvalue weighted by Crippen LogP contribution is 2.25. The van der Waals surface area contributed by atoms with E-state index in [1.54, 1.807) is 27.0 Å². The van der Waals surface area contributed by atoms with Crippen LogP contribution in [0, 0.1) is 0 Å². The third kappa shape index (κ3) is 5.48. The Morgan fingerprint density at radius 2 is 2.00 bits per heavy atom. The van der Waals surface area contributed by atoms with Gasteiger partial charge in [-0.1, -0.05) is 12.1 Å². The van der Waals surface area contributed by atoms with Gasteiger partial charge in [0.2, 0.25) is 0 Å². The van der Waals surface area contributed by atoms with E-state index in [4.69, 9.17) is 4.74 Å². The Hall–Kier alpha value is -1.75. The summed E-state index contributed by atoms with van der Waals surface area (Å²) in [5.74, 6) is 0.632. The van der Waals surface area contributed by atoms with Gasteiger partial charge in [-0.15, -0.1) is 0 Å². The molecule has 0 bridgehead atoms. The monoisotopic (exact) mass is 280 g/mol. The second-order valence-corrected chi connectivity index (χ2v) is 5.76. The van der Waals surface area contributed by atoms with Gasteiger partial charge in [-0.2, -0.15) is 0 Å². The molecule has 0 fully saturated rings. The van der Waals surface area contributed by atoms with Crippen LogP contribution in [0.25, 0.3) is 0 Å². The zero-order valence-corrected chi connectivity index (χ0v) is 12.8. The van der Waals surface area contributed by atoms with Crippen LogP contribution in [0.2, 0.25) is 0 Å². The normalized spacial score (nSPS) is 11.3. The lowest BCUT2D eigenvalue weighted by atomic mass is 10.1. The summed E-state index contributed by atoms with van der Waals surface area (Å²) in [4.78, 5) is 13.5. The summed E-state index contributed by atoms with van der Waals surface area (Å²) in [6.45, 7) is 7.42. The van der Waals surface area contributed by atoms with E-state index in [1.807, 2.05) is 32.0 Å². The van der Waals surface area contributed by atoms with Crippen LogP contribution in [0.4, 0.5) is 10.5 Å². The van der Waals surface area contributed by atoms with Gasteiger partial charge in [0.1, 0.15) is 5.75 Å². The largest absolute Gasteiger partial charge is 0.489 e. The van der Waals surface area contributed by atoms with Gasteiger partial charge < -0.3 is 20.1 Å². The van der Waals surface area contributed by atoms with Crippen LogP contribution in [0.1, 0.15) is 27.7 Å². The van der Waals surface area contributed by atoms with Crippen LogP contribution in [0.15, 0.2) is 24.3 Å². The lowest BCUT2D eigenvalue weighted by Crippen LogP contribution is -2.41. The molecule has 20 heavy (non-hydrogen) atoms. The number of likely N-dealkylation sites (N-methyl/N-ethyl adjacent to an activating group) is 1. The number of rotatable bonds is 5. The highest BCUT2D eigenvalue weighted by Gasteiger charge is 2.20. The fourth-order valence-electron chi connectivity index (χ4n) is 1.79. The van der Waals surface area contributed by atoms with Crippen LogP contribution in [-0.4, -0.2) is 41.3 Å². The third-order valence-corrected chi connectivity index (χ3v) is 2.46. The molecule has 0 radical (unpaired) electrons. The third-order valence-electron chi connectivity index (χ3n) is 2.46. The number of nitrogens with zero attached hydrogens (tertiary/aromatic N) is 1. The van der Waals surface area contributed by atoms with Gasteiger partial charge in [0.15, 0.2) is 0 Å². The lowest BCUT2D eigenvalue weighted by molar-refractivity contribution is 0.0550. The van der Waals surface area contributed by atoms with Crippen molar-refractivity contribution in [3.63, 3.8) is 0 Å². The Balaban J connectivity index is 2.75. The maximum Gasteiger partial charge on any atom is 0.321 e. The number of carbonyl (C=O) groups excluding carboxylic acids is 1. The quantitative estimate of drug-likeness (QED) is 0.871. The number of carbonyl (C=O) groups is 1. The number of ether oxygens (including phenoxy) is 1. The van der Waals surface area contributed by atoms with Gasteiger partial charge in [-0.3, -0.25) is 0 Å². The van der Waals surface area contributed by atoms with E-state index in [2.05, 4.69) is 5.32 Å². The van der Waals surface area contributed by atoms with Crippen molar-refractivity contribution in [2.24, 2.45) is 0 Å². The Bertz CT molecular complexity index is 453. The molecule has 2 N–H and O–H groups in total. The highest BCUT2D eigenvalue weighted by molar-refractivity contribution is 5.90. The zero-order valence-electron chi connectivity index (χ0n) is 12.8. The molecule has 0 aliphatic rings.